The molecule has 0 aliphatic carbocycles. The van der Waals surface area contributed by atoms with Crippen molar-refractivity contribution in [1.82, 2.24) is 4.57 Å². The zero-order chi connectivity index (χ0) is 39.8. The van der Waals surface area contributed by atoms with Gasteiger partial charge in [0.1, 0.15) is 0 Å². The van der Waals surface area contributed by atoms with Crippen molar-refractivity contribution in [3.05, 3.63) is 243 Å². The molecule has 0 N–H and O–H groups in total. The van der Waals surface area contributed by atoms with Gasteiger partial charge in [0.2, 0.25) is 0 Å². The Balaban J connectivity index is 1.24. The van der Waals surface area contributed by atoms with Crippen molar-refractivity contribution in [3.63, 3.8) is 0 Å². The molecule has 11 aromatic rings. The Kier molecular flexibility index (Phi) is 8.87. The van der Waals surface area contributed by atoms with Crippen molar-refractivity contribution >= 4 is 49.6 Å². The van der Waals surface area contributed by atoms with Crippen molar-refractivity contribution in [3.8, 4) is 50.2 Å². The summed E-state index contributed by atoms with van der Waals surface area (Å²) in [5, 5.41) is 4.85. The lowest BCUT2D eigenvalue weighted by Gasteiger charge is -2.32. The van der Waals surface area contributed by atoms with Gasteiger partial charge >= 0.3 is 0 Å². The predicted octanol–water partition coefficient (Wildman–Crippen LogP) is 16.1. The molecule has 0 spiro atoms. The molecule has 0 atom stereocenters. The van der Waals surface area contributed by atoms with Crippen LogP contribution < -0.4 is 4.90 Å². The van der Waals surface area contributed by atoms with Crippen molar-refractivity contribution in [2.45, 2.75) is 0 Å². The van der Waals surface area contributed by atoms with Crippen LogP contribution in [0.5, 0.6) is 0 Å². The van der Waals surface area contributed by atoms with Gasteiger partial charge < -0.3 is 9.47 Å². The molecule has 10 aromatic carbocycles. The largest absolute Gasteiger partial charge is 0.309 e. The van der Waals surface area contributed by atoms with E-state index in [-0.39, 0.29) is 0 Å². The quantitative estimate of drug-likeness (QED) is 0.150. The van der Waals surface area contributed by atoms with Gasteiger partial charge in [-0.1, -0.05) is 206 Å². The van der Waals surface area contributed by atoms with Crippen LogP contribution in [-0.2, 0) is 0 Å². The number of nitrogens with zero attached hydrogens (tertiary/aromatic N) is 2. The minimum Gasteiger partial charge on any atom is -0.309 e. The molecule has 0 unspecified atom stereocenters. The average Bonchev–Trinajstić information content (AvgIpc) is 3.66. The van der Waals surface area contributed by atoms with Gasteiger partial charge in [0.05, 0.1) is 22.4 Å². The second kappa shape index (κ2) is 15.1. The standard InChI is InChI=1S/C58H40N2/c1-5-18-41(19-6-1)42-32-35-47(36-33-42)59-54-31-16-15-28-52(54)53-38-37-48(40-56(53)59)60(55-39-34-45-24-13-14-27-49(45)57(55)46-25-11-4-12-26-46)58-50(43-20-7-2-8-21-43)29-17-30-51(58)44-22-9-3-10-23-44/h1-40H. The lowest BCUT2D eigenvalue weighted by atomic mass is 9.91. The number of aromatic nitrogens is 1. The molecule has 1 aromatic heterocycles. The molecule has 1 heterocycles. The summed E-state index contributed by atoms with van der Waals surface area (Å²) in [6.07, 6.45) is 0. The summed E-state index contributed by atoms with van der Waals surface area (Å²) in [5.41, 5.74) is 16.1. The number of para-hydroxylation sites is 2. The van der Waals surface area contributed by atoms with Crippen molar-refractivity contribution in [2.24, 2.45) is 0 Å². The molecule has 0 saturated carbocycles. The first-order chi connectivity index (χ1) is 29.8. The van der Waals surface area contributed by atoms with E-state index in [0.29, 0.717) is 0 Å². The monoisotopic (exact) mass is 764 g/mol. The molecule has 60 heavy (non-hydrogen) atoms. The Morgan fingerprint density at radius 1 is 0.317 bits per heavy atom. The second-order valence-corrected chi connectivity index (χ2v) is 15.3. The number of hydrogen-bond donors (Lipinski definition) is 0. The Hall–Kier alpha value is -7.94. The van der Waals surface area contributed by atoms with Gasteiger partial charge in [-0.15, -0.1) is 0 Å². The summed E-state index contributed by atoms with van der Waals surface area (Å²) in [5.74, 6) is 0. The van der Waals surface area contributed by atoms with Crippen LogP contribution in [0.3, 0.4) is 0 Å². The third-order valence-electron chi connectivity index (χ3n) is 11.8. The maximum absolute atomic E-state index is 2.53. The predicted molar refractivity (Wildman–Crippen MR) is 255 cm³/mol. The summed E-state index contributed by atoms with van der Waals surface area (Å²) in [6, 6.07) is 88.1. The summed E-state index contributed by atoms with van der Waals surface area (Å²) in [4.78, 5) is 2.53. The van der Waals surface area contributed by atoms with Crippen LogP contribution in [0.4, 0.5) is 17.1 Å². The lowest BCUT2D eigenvalue weighted by molar-refractivity contribution is 1.18. The van der Waals surface area contributed by atoms with Gasteiger partial charge in [-0.3, -0.25) is 0 Å². The molecular weight excluding hydrogens is 725 g/mol. The van der Waals surface area contributed by atoms with Crippen molar-refractivity contribution < 1.29 is 0 Å². The summed E-state index contributed by atoms with van der Waals surface area (Å²) in [6.45, 7) is 0. The molecule has 0 fully saturated rings. The second-order valence-electron chi connectivity index (χ2n) is 15.3. The number of hydrogen-bond acceptors (Lipinski definition) is 1. The van der Waals surface area contributed by atoms with E-state index in [4.69, 9.17) is 0 Å². The van der Waals surface area contributed by atoms with E-state index >= 15 is 0 Å². The minimum atomic E-state index is 1.07. The van der Waals surface area contributed by atoms with Gasteiger partial charge in [-0.2, -0.15) is 0 Å². The van der Waals surface area contributed by atoms with Crippen molar-refractivity contribution in [2.75, 3.05) is 4.90 Å². The zero-order valence-electron chi connectivity index (χ0n) is 33.0. The van der Waals surface area contributed by atoms with E-state index in [1.54, 1.807) is 0 Å². The number of rotatable bonds is 8. The minimum absolute atomic E-state index is 1.07. The molecule has 0 amide bonds. The van der Waals surface area contributed by atoms with Crippen molar-refractivity contribution in [1.29, 1.82) is 0 Å². The van der Waals surface area contributed by atoms with Gasteiger partial charge in [-0.25, -0.2) is 0 Å². The molecule has 0 radical (unpaired) electrons. The van der Waals surface area contributed by atoms with Crippen LogP contribution in [-0.4, -0.2) is 4.57 Å². The third-order valence-corrected chi connectivity index (χ3v) is 11.8. The highest BCUT2D eigenvalue weighted by molar-refractivity contribution is 6.12. The van der Waals surface area contributed by atoms with Gasteiger partial charge in [0.15, 0.2) is 0 Å². The summed E-state index contributed by atoms with van der Waals surface area (Å²) < 4.78 is 2.43. The molecular formula is C58H40N2. The summed E-state index contributed by atoms with van der Waals surface area (Å²) in [7, 11) is 0. The van der Waals surface area contributed by atoms with E-state index < -0.39 is 0 Å². The molecule has 0 aliphatic rings. The fourth-order valence-corrected chi connectivity index (χ4v) is 9.04. The lowest BCUT2D eigenvalue weighted by Crippen LogP contribution is -2.14. The third kappa shape index (κ3) is 6.14. The van der Waals surface area contributed by atoms with Crippen LogP contribution in [0.25, 0.3) is 82.8 Å². The number of anilines is 3. The Morgan fingerprint density at radius 3 is 1.48 bits per heavy atom. The van der Waals surface area contributed by atoms with E-state index in [9.17, 15) is 0 Å². The molecule has 2 heteroatoms. The van der Waals surface area contributed by atoms with Gasteiger partial charge in [-0.05, 0) is 75.0 Å². The van der Waals surface area contributed by atoms with E-state index in [1.807, 2.05) is 0 Å². The first-order valence-corrected chi connectivity index (χ1v) is 20.6. The van der Waals surface area contributed by atoms with E-state index in [0.717, 1.165) is 50.5 Å². The fraction of sp³-hybridized carbons (Fsp3) is 0. The van der Waals surface area contributed by atoms with Gasteiger partial charge in [0, 0.05) is 38.8 Å². The number of benzene rings is 10. The highest BCUT2D eigenvalue weighted by Gasteiger charge is 2.26. The van der Waals surface area contributed by atoms with E-state index in [2.05, 4.69) is 252 Å². The fourth-order valence-electron chi connectivity index (χ4n) is 9.04. The first-order valence-electron chi connectivity index (χ1n) is 20.6. The number of fused-ring (bicyclic) bond motifs is 4. The molecule has 0 bridgehead atoms. The van der Waals surface area contributed by atoms with Crippen LogP contribution in [0.2, 0.25) is 0 Å². The zero-order valence-corrected chi connectivity index (χ0v) is 33.0. The highest BCUT2D eigenvalue weighted by atomic mass is 15.2. The molecule has 282 valence electrons. The maximum atomic E-state index is 2.53. The average molecular weight is 765 g/mol. The van der Waals surface area contributed by atoms with Crippen LogP contribution in [0.15, 0.2) is 243 Å². The highest BCUT2D eigenvalue weighted by Crippen LogP contribution is 2.51. The molecule has 0 saturated heterocycles. The van der Waals surface area contributed by atoms with Gasteiger partial charge in [0.25, 0.3) is 0 Å². The topological polar surface area (TPSA) is 8.17 Å². The van der Waals surface area contributed by atoms with Crippen LogP contribution >= 0.6 is 0 Å². The normalized spacial score (nSPS) is 11.3. The molecule has 0 aliphatic heterocycles. The van der Waals surface area contributed by atoms with Crippen LogP contribution in [0, 0.1) is 0 Å². The van der Waals surface area contributed by atoms with Crippen LogP contribution in [0.1, 0.15) is 0 Å². The molecule has 2 nitrogen and oxygen atoms in total. The smallest absolute Gasteiger partial charge is 0.0618 e. The SMILES string of the molecule is c1ccc(-c2ccc(-n3c4ccccc4c4ccc(N(c5ccc6ccccc6c5-c5ccccc5)c5c(-c6ccccc6)cccc5-c5ccccc5)cc43)cc2)cc1. The molecule has 11 rings (SSSR count). The summed E-state index contributed by atoms with van der Waals surface area (Å²) >= 11 is 0. The Morgan fingerprint density at radius 2 is 0.833 bits per heavy atom. The Bertz CT molecular complexity index is 3220. The maximum Gasteiger partial charge on any atom is 0.0618 e. The first kappa shape index (κ1) is 35.2. The van der Waals surface area contributed by atoms with E-state index in [1.165, 1.54) is 49.3 Å². The Labute approximate surface area is 350 Å².